The minimum atomic E-state index is -0.148. The summed E-state index contributed by atoms with van der Waals surface area (Å²) in [4.78, 5) is 2.36. The van der Waals surface area contributed by atoms with Crippen molar-refractivity contribution in [2.75, 3.05) is 26.7 Å². The van der Waals surface area contributed by atoms with Crippen molar-refractivity contribution in [3.63, 3.8) is 0 Å². The fraction of sp³-hybridized carbons (Fsp3) is 0.647. The highest BCUT2D eigenvalue weighted by molar-refractivity contribution is 5.20. The number of unbranched alkanes of at least 4 members (excludes halogenated alkanes) is 1. The molecule has 0 aliphatic heterocycles. The van der Waals surface area contributed by atoms with E-state index >= 15 is 0 Å². The molecule has 1 aromatic rings. The summed E-state index contributed by atoms with van der Waals surface area (Å²) in [5.41, 5.74) is 1.06. The van der Waals surface area contributed by atoms with Crippen LogP contribution in [0.4, 0.5) is 4.39 Å². The molecular weight excluding hydrogens is 251 g/mol. The Hall–Kier alpha value is -0.930. The summed E-state index contributed by atoms with van der Waals surface area (Å²) in [6.45, 7) is 7.52. The van der Waals surface area contributed by atoms with Crippen LogP contribution in [0.15, 0.2) is 24.3 Å². The maximum absolute atomic E-state index is 13.4. The van der Waals surface area contributed by atoms with E-state index in [0.717, 1.165) is 38.0 Å². The van der Waals surface area contributed by atoms with Gasteiger partial charge in [0.2, 0.25) is 0 Å². The summed E-state index contributed by atoms with van der Waals surface area (Å²) in [7, 11) is 2.16. The minimum Gasteiger partial charge on any atom is -0.310 e. The second-order valence-electron chi connectivity index (χ2n) is 5.51. The topological polar surface area (TPSA) is 15.3 Å². The molecule has 3 heteroatoms. The molecule has 0 radical (unpaired) electrons. The van der Waals surface area contributed by atoms with Gasteiger partial charge in [-0.1, -0.05) is 32.4 Å². The third kappa shape index (κ3) is 6.49. The van der Waals surface area contributed by atoms with E-state index in [4.69, 9.17) is 0 Å². The highest BCUT2D eigenvalue weighted by atomic mass is 19.1. The summed E-state index contributed by atoms with van der Waals surface area (Å²) in [5.74, 6) is -0.148. The molecular formula is C17H29FN2. The van der Waals surface area contributed by atoms with Crippen molar-refractivity contribution in [1.82, 2.24) is 10.2 Å². The number of benzene rings is 1. The number of rotatable bonds is 10. The van der Waals surface area contributed by atoms with Crippen LogP contribution in [-0.2, 0) is 0 Å². The summed E-state index contributed by atoms with van der Waals surface area (Å²) >= 11 is 0. The highest BCUT2D eigenvalue weighted by Gasteiger charge is 2.12. The largest absolute Gasteiger partial charge is 0.310 e. The van der Waals surface area contributed by atoms with Crippen LogP contribution in [0, 0.1) is 5.82 Å². The first-order chi connectivity index (χ1) is 9.67. The highest BCUT2D eigenvalue weighted by Crippen LogP contribution is 2.18. The molecule has 0 aliphatic carbocycles. The predicted octanol–water partition coefficient (Wildman–Crippen LogP) is 3.99. The second-order valence-corrected chi connectivity index (χ2v) is 5.51. The van der Waals surface area contributed by atoms with Crippen molar-refractivity contribution in [3.05, 3.63) is 35.6 Å². The quantitative estimate of drug-likeness (QED) is 0.697. The first kappa shape index (κ1) is 17.1. The third-order valence-electron chi connectivity index (χ3n) is 3.58. The maximum Gasteiger partial charge on any atom is 0.123 e. The summed E-state index contributed by atoms with van der Waals surface area (Å²) in [6.07, 6.45) is 4.58. The maximum atomic E-state index is 13.4. The summed E-state index contributed by atoms with van der Waals surface area (Å²) < 4.78 is 13.4. The first-order valence-electron chi connectivity index (χ1n) is 7.84. The molecule has 0 aliphatic rings. The van der Waals surface area contributed by atoms with Gasteiger partial charge in [0.05, 0.1) is 0 Å². The van der Waals surface area contributed by atoms with Gasteiger partial charge in [-0.2, -0.15) is 0 Å². The molecule has 0 saturated heterocycles. The number of hydrogen-bond acceptors (Lipinski definition) is 2. The monoisotopic (exact) mass is 280 g/mol. The molecule has 1 rings (SSSR count). The second kappa shape index (κ2) is 9.89. The van der Waals surface area contributed by atoms with Crippen LogP contribution in [0.3, 0.4) is 0 Å². The van der Waals surface area contributed by atoms with Crippen LogP contribution < -0.4 is 5.32 Å². The molecule has 2 nitrogen and oxygen atoms in total. The Morgan fingerprint density at radius 1 is 1.20 bits per heavy atom. The smallest absolute Gasteiger partial charge is 0.123 e. The van der Waals surface area contributed by atoms with Gasteiger partial charge in [0.25, 0.3) is 0 Å². The van der Waals surface area contributed by atoms with Crippen molar-refractivity contribution in [2.24, 2.45) is 0 Å². The van der Waals surface area contributed by atoms with Crippen LogP contribution >= 0.6 is 0 Å². The summed E-state index contributed by atoms with van der Waals surface area (Å²) in [5, 5.41) is 3.53. The number of nitrogens with one attached hydrogen (secondary N) is 1. The zero-order valence-corrected chi connectivity index (χ0v) is 13.2. The van der Waals surface area contributed by atoms with E-state index in [0.29, 0.717) is 0 Å². The molecule has 0 aromatic heterocycles. The van der Waals surface area contributed by atoms with Crippen LogP contribution in [0.2, 0.25) is 0 Å². The van der Waals surface area contributed by atoms with Gasteiger partial charge < -0.3 is 10.2 Å². The zero-order chi connectivity index (χ0) is 14.8. The Kier molecular flexibility index (Phi) is 8.47. The van der Waals surface area contributed by atoms with Crippen LogP contribution in [-0.4, -0.2) is 31.6 Å². The molecule has 0 amide bonds. The Labute approximate surface area is 123 Å². The lowest BCUT2D eigenvalue weighted by molar-refractivity contribution is 0.302. The predicted molar refractivity (Wildman–Crippen MR) is 84.5 cm³/mol. The van der Waals surface area contributed by atoms with Gasteiger partial charge in [-0.05, 0) is 63.6 Å². The molecule has 0 spiro atoms. The average molecular weight is 280 g/mol. The molecule has 1 unspecified atom stereocenters. The SMILES string of the molecule is CCCCN(C)CCC(NCCC)c1cccc(F)c1. The van der Waals surface area contributed by atoms with Crippen LogP contribution in [0.1, 0.15) is 51.1 Å². The Balaban J connectivity index is 2.55. The normalized spacial score (nSPS) is 12.8. The molecule has 1 atom stereocenters. The van der Waals surface area contributed by atoms with E-state index in [1.165, 1.54) is 18.9 Å². The molecule has 0 fully saturated rings. The molecule has 20 heavy (non-hydrogen) atoms. The fourth-order valence-corrected chi connectivity index (χ4v) is 2.32. The minimum absolute atomic E-state index is 0.148. The van der Waals surface area contributed by atoms with Gasteiger partial charge in [0, 0.05) is 6.04 Å². The van der Waals surface area contributed by atoms with E-state index in [-0.39, 0.29) is 11.9 Å². The Bertz CT molecular complexity index is 368. The van der Waals surface area contributed by atoms with Gasteiger partial charge >= 0.3 is 0 Å². The summed E-state index contributed by atoms with van der Waals surface area (Å²) in [6, 6.07) is 7.22. The van der Waals surface area contributed by atoms with E-state index in [2.05, 4.69) is 31.1 Å². The number of nitrogens with zero attached hydrogens (tertiary/aromatic N) is 1. The molecule has 1 N–H and O–H groups in total. The van der Waals surface area contributed by atoms with E-state index in [1.807, 2.05) is 6.07 Å². The van der Waals surface area contributed by atoms with E-state index in [9.17, 15) is 4.39 Å². The molecule has 1 aromatic carbocycles. The molecule has 114 valence electrons. The molecule has 0 saturated carbocycles. The van der Waals surface area contributed by atoms with Crippen LogP contribution in [0.5, 0.6) is 0 Å². The zero-order valence-electron chi connectivity index (χ0n) is 13.2. The van der Waals surface area contributed by atoms with Crippen LogP contribution in [0.25, 0.3) is 0 Å². The Morgan fingerprint density at radius 2 is 2.00 bits per heavy atom. The molecule has 0 heterocycles. The third-order valence-corrected chi connectivity index (χ3v) is 3.58. The van der Waals surface area contributed by atoms with Crippen molar-refractivity contribution < 1.29 is 4.39 Å². The van der Waals surface area contributed by atoms with Gasteiger partial charge in [-0.15, -0.1) is 0 Å². The van der Waals surface area contributed by atoms with Gasteiger partial charge in [-0.25, -0.2) is 4.39 Å². The number of hydrogen-bond donors (Lipinski definition) is 1. The standard InChI is InChI=1S/C17H29FN2/c1-4-6-12-20(3)13-10-17(19-11-5-2)15-8-7-9-16(18)14-15/h7-9,14,17,19H,4-6,10-13H2,1-3H3. The number of halogens is 1. The lowest BCUT2D eigenvalue weighted by atomic mass is 10.0. The fourth-order valence-electron chi connectivity index (χ4n) is 2.32. The van der Waals surface area contributed by atoms with E-state index < -0.39 is 0 Å². The lowest BCUT2D eigenvalue weighted by Crippen LogP contribution is -2.28. The van der Waals surface area contributed by atoms with Crippen molar-refractivity contribution in [2.45, 2.75) is 45.6 Å². The van der Waals surface area contributed by atoms with Crippen molar-refractivity contribution in [1.29, 1.82) is 0 Å². The van der Waals surface area contributed by atoms with Gasteiger partial charge in [0.1, 0.15) is 5.82 Å². The molecule has 0 bridgehead atoms. The van der Waals surface area contributed by atoms with Gasteiger partial charge in [-0.3, -0.25) is 0 Å². The van der Waals surface area contributed by atoms with E-state index in [1.54, 1.807) is 12.1 Å². The van der Waals surface area contributed by atoms with Gasteiger partial charge in [0.15, 0.2) is 0 Å². The lowest BCUT2D eigenvalue weighted by Gasteiger charge is -2.23. The van der Waals surface area contributed by atoms with Crippen molar-refractivity contribution in [3.8, 4) is 0 Å². The average Bonchev–Trinajstić information content (AvgIpc) is 2.45. The first-order valence-corrected chi connectivity index (χ1v) is 7.84. The Morgan fingerprint density at radius 3 is 2.65 bits per heavy atom. The van der Waals surface area contributed by atoms with Crippen molar-refractivity contribution >= 4 is 0 Å².